The van der Waals surface area contributed by atoms with E-state index in [0.29, 0.717) is 11.4 Å². The van der Waals surface area contributed by atoms with Crippen LogP contribution < -0.4 is 0 Å². The molecule has 0 unspecified atom stereocenters. The summed E-state index contributed by atoms with van der Waals surface area (Å²) in [4.78, 5) is 10.6. The van der Waals surface area contributed by atoms with E-state index in [2.05, 4.69) is 191 Å². The van der Waals surface area contributed by atoms with Gasteiger partial charge in [-0.15, -0.1) is 0 Å². The second-order valence-corrected chi connectivity index (χ2v) is 15.3. The molecule has 0 saturated heterocycles. The first kappa shape index (κ1) is 33.8. The SMILES string of the molecule is N#Cc1cccc(-c2cccc(-c3nc(-c4ccc(-n5c6ccccc6c6ccc(-n7c8ccccc8c8ccccc87)cc65)cc4)nc4c3ccc3ccccc34)c2)c1. The summed E-state index contributed by atoms with van der Waals surface area (Å²) >= 11 is 0. The highest BCUT2D eigenvalue weighted by atomic mass is 15.0. The number of benzene rings is 9. The minimum Gasteiger partial charge on any atom is -0.309 e. The van der Waals surface area contributed by atoms with E-state index in [1.807, 2.05) is 24.3 Å². The average molecular weight is 764 g/mol. The van der Waals surface area contributed by atoms with E-state index in [0.717, 1.165) is 72.0 Å². The summed E-state index contributed by atoms with van der Waals surface area (Å²) in [6.07, 6.45) is 0. The molecule has 0 aliphatic carbocycles. The summed E-state index contributed by atoms with van der Waals surface area (Å²) in [5.41, 5.74) is 13.2. The van der Waals surface area contributed by atoms with Gasteiger partial charge in [-0.3, -0.25) is 0 Å². The summed E-state index contributed by atoms with van der Waals surface area (Å²) in [6, 6.07) is 72.6. The van der Waals surface area contributed by atoms with Gasteiger partial charge in [0.05, 0.1) is 44.9 Å². The molecule has 0 aliphatic heterocycles. The Bertz CT molecular complexity index is 3680. The topological polar surface area (TPSA) is 59.4 Å². The highest BCUT2D eigenvalue weighted by molar-refractivity contribution is 6.12. The lowest BCUT2D eigenvalue weighted by molar-refractivity contribution is 1.15. The molecule has 0 N–H and O–H groups in total. The summed E-state index contributed by atoms with van der Waals surface area (Å²) < 4.78 is 4.76. The van der Waals surface area contributed by atoms with Gasteiger partial charge in [-0.2, -0.15) is 5.26 Å². The second kappa shape index (κ2) is 13.4. The van der Waals surface area contributed by atoms with Crippen LogP contribution in [-0.2, 0) is 0 Å². The van der Waals surface area contributed by atoms with Crippen LogP contribution in [0.25, 0.3) is 110 Å². The first-order valence-electron chi connectivity index (χ1n) is 20.1. The number of hydrogen-bond donors (Lipinski definition) is 0. The van der Waals surface area contributed by atoms with Gasteiger partial charge in [-0.05, 0) is 95.4 Å². The number of nitriles is 1. The lowest BCUT2D eigenvalue weighted by Crippen LogP contribution is -1.98. The minimum absolute atomic E-state index is 0.632. The van der Waals surface area contributed by atoms with Gasteiger partial charge in [0.15, 0.2) is 5.82 Å². The number of fused-ring (bicyclic) bond motifs is 9. The molecule has 0 bridgehead atoms. The predicted molar refractivity (Wildman–Crippen MR) is 247 cm³/mol. The van der Waals surface area contributed by atoms with Crippen LogP contribution in [0.4, 0.5) is 0 Å². The lowest BCUT2D eigenvalue weighted by Gasteiger charge is -2.14. The molecule has 0 aliphatic rings. The zero-order valence-electron chi connectivity index (χ0n) is 32.3. The van der Waals surface area contributed by atoms with Gasteiger partial charge in [-0.1, -0.05) is 121 Å². The molecule has 0 radical (unpaired) electrons. The molecular weight excluding hydrogens is 731 g/mol. The molecule has 3 aromatic heterocycles. The summed E-state index contributed by atoms with van der Waals surface area (Å²) in [7, 11) is 0. The molecule has 60 heavy (non-hydrogen) atoms. The molecule has 3 heterocycles. The molecular formula is C55H33N5. The minimum atomic E-state index is 0.632. The van der Waals surface area contributed by atoms with Crippen molar-refractivity contribution in [2.75, 3.05) is 0 Å². The average Bonchev–Trinajstić information content (AvgIpc) is 3.84. The number of nitrogens with zero attached hydrogens (tertiary/aromatic N) is 5. The fraction of sp³-hybridized carbons (Fsp3) is 0. The fourth-order valence-corrected chi connectivity index (χ4v) is 9.16. The van der Waals surface area contributed by atoms with Crippen LogP contribution in [0.3, 0.4) is 0 Å². The van der Waals surface area contributed by atoms with Crippen molar-refractivity contribution in [3.63, 3.8) is 0 Å². The summed E-state index contributed by atoms with van der Waals surface area (Å²) in [5, 5.41) is 17.7. The van der Waals surface area contributed by atoms with Crippen LogP contribution in [0.2, 0.25) is 0 Å². The Morgan fingerprint density at radius 2 is 0.917 bits per heavy atom. The number of para-hydroxylation sites is 3. The maximum Gasteiger partial charge on any atom is 0.160 e. The molecule has 0 spiro atoms. The molecule has 12 aromatic rings. The Morgan fingerprint density at radius 1 is 0.367 bits per heavy atom. The van der Waals surface area contributed by atoms with Crippen LogP contribution in [0, 0.1) is 11.3 Å². The van der Waals surface area contributed by atoms with Gasteiger partial charge in [0.2, 0.25) is 0 Å². The normalized spacial score (nSPS) is 11.7. The van der Waals surface area contributed by atoms with Crippen LogP contribution in [0.5, 0.6) is 0 Å². The van der Waals surface area contributed by atoms with Gasteiger partial charge in [-0.25, -0.2) is 9.97 Å². The second-order valence-electron chi connectivity index (χ2n) is 15.3. The molecule has 9 aromatic carbocycles. The van der Waals surface area contributed by atoms with Crippen molar-refractivity contribution in [2.45, 2.75) is 0 Å². The lowest BCUT2D eigenvalue weighted by atomic mass is 9.97. The Labute approximate surface area is 345 Å². The van der Waals surface area contributed by atoms with Crippen molar-refractivity contribution in [3.05, 3.63) is 206 Å². The Morgan fingerprint density at radius 3 is 1.62 bits per heavy atom. The van der Waals surface area contributed by atoms with Gasteiger partial charge >= 0.3 is 0 Å². The van der Waals surface area contributed by atoms with Crippen molar-refractivity contribution >= 4 is 65.3 Å². The van der Waals surface area contributed by atoms with Crippen molar-refractivity contribution in [3.8, 4) is 51.2 Å². The third-order valence-corrected chi connectivity index (χ3v) is 11.9. The maximum atomic E-state index is 9.59. The molecule has 0 saturated carbocycles. The third kappa shape index (κ3) is 5.25. The first-order valence-corrected chi connectivity index (χ1v) is 20.1. The van der Waals surface area contributed by atoms with E-state index in [1.54, 1.807) is 0 Å². The van der Waals surface area contributed by atoms with Crippen molar-refractivity contribution in [1.82, 2.24) is 19.1 Å². The highest BCUT2D eigenvalue weighted by Crippen LogP contribution is 2.39. The number of rotatable bonds is 5. The van der Waals surface area contributed by atoms with E-state index in [4.69, 9.17) is 9.97 Å². The Balaban J connectivity index is 1.02. The molecule has 0 atom stereocenters. The van der Waals surface area contributed by atoms with Gasteiger partial charge in [0.1, 0.15) is 0 Å². The molecule has 278 valence electrons. The smallest absolute Gasteiger partial charge is 0.160 e. The Kier molecular flexibility index (Phi) is 7.53. The first-order chi connectivity index (χ1) is 29.7. The third-order valence-electron chi connectivity index (χ3n) is 11.9. The standard InChI is InChI=1S/C55H33N5/c56-34-35-11-9-13-38(31-35)39-14-10-15-40(32-39)53-48-29-25-36-12-1-2-16-43(36)54(48)58-55(57-53)37-23-26-41(27-24-37)59-49-20-6-5-19-46(49)47-30-28-42(33-52(47)59)60-50-21-7-3-17-44(50)45-18-4-8-22-51(45)60/h1-33H. The van der Waals surface area contributed by atoms with Crippen molar-refractivity contribution in [2.24, 2.45) is 0 Å². The van der Waals surface area contributed by atoms with Crippen LogP contribution >= 0.6 is 0 Å². The maximum absolute atomic E-state index is 9.59. The van der Waals surface area contributed by atoms with E-state index < -0.39 is 0 Å². The van der Waals surface area contributed by atoms with E-state index in [-0.39, 0.29) is 0 Å². The Hall–Kier alpha value is -8.33. The fourth-order valence-electron chi connectivity index (χ4n) is 9.16. The van der Waals surface area contributed by atoms with Crippen LogP contribution in [0.1, 0.15) is 5.56 Å². The van der Waals surface area contributed by atoms with E-state index in [1.165, 1.54) is 32.6 Å². The van der Waals surface area contributed by atoms with Gasteiger partial charge < -0.3 is 9.13 Å². The summed E-state index contributed by atoms with van der Waals surface area (Å²) in [6.45, 7) is 0. The van der Waals surface area contributed by atoms with E-state index in [9.17, 15) is 5.26 Å². The largest absolute Gasteiger partial charge is 0.309 e. The zero-order valence-corrected chi connectivity index (χ0v) is 32.3. The number of aromatic nitrogens is 4. The van der Waals surface area contributed by atoms with Gasteiger partial charge in [0, 0.05) is 54.8 Å². The number of hydrogen-bond acceptors (Lipinski definition) is 3. The molecule has 12 rings (SSSR count). The van der Waals surface area contributed by atoms with Crippen molar-refractivity contribution < 1.29 is 0 Å². The summed E-state index contributed by atoms with van der Waals surface area (Å²) in [5.74, 6) is 0.660. The van der Waals surface area contributed by atoms with Gasteiger partial charge in [0.25, 0.3) is 0 Å². The highest BCUT2D eigenvalue weighted by Gasteiger charge is 2.18. The van der Waals surface area contributed by atoms with E-state index >= 15 is 0 Å². The van der Waals surface area contributed by atoms with Crippen molar-refractivity contribution in [1.29, 1.82) is 5.26 Å². The molecule has 5 nitrogen and oxygen atoms in total. The molecule has 0 amide bonds. The molecule has 0 fully saturated rings. The van der Waals surface area contributed by atoms with Crippen LogP contribution in [-0.4, -0.2) is 19.1 Å². The quantitative estimate of drug-likeness (QED) is 0.164. The monoisotopic (exact) mass is 763 g/mol. The predicted octanol–water partition coefficient (Wildman–Crippen LogP) is 13.8. The zero-order chi connectivity index (χ0) is 39.7. The van der Waals surface area contributed by atoms with Crippen LogP contribution in [0.15, 0.2) is 200 Å². The molecule has 5 heteroatoms.